The highest BCUT2D eigenvalue weighted by Crippen LogP contribution is 2.45. The first-order valence-corrected chi connectivity index (χ1v) is 44.5. The Hall–Kier alpha value is -1.94. The quantitative estimate of drug-likeness (QED) is 0.0222. The molecule has 99 heavy (non-hydrogen) atoms. The molecule has 0 spiro atoms. The fourth-order valence-electron chi connectivity index (χ4n) is 12.4. The maximum atomic E-state index is 13.1. The van der Waals surface area contributed by atoms with Gasteiger partial charge in [0.15, 0.2) is 12.2 Å². The second-order valence-electron chi connectivity index (χ2n) is 29.8. The van der Waals surface area contributed by atoms with Crippen LogP contribution < -0.4 is 0 Å². The first kappa shape index (κ1) is 97.1. The van der Waals surface area contributed by atoms with Crippen LogP contribution in [0.5, 0.6) is 0 Å². The lowest BCUT2D eigenvalue weighted by atomic mass is 10.0. The second-order valence-corrected chi connectivity index (χ2v) is 32.7. The van der Waals surface area contributed by atoms with Gasteiger partial charge >= 0.3 is 39.5 Å². The van der Waals surface area contributed by atoms with Gasteiger partial charge in [-0.3, -0.25) is 37.3 Å². The molecule has 0 bridgehead atoms. The molecule has 0 aliphatic rings. The van der Waals surface area contributed by atoms with Crippen LogP contribution in [0.4, 0.5) is 0 Å². The van der Waals surface area contributed by atoms with Crippen LogP contribution in [0.25, 0.3) is 0 Å². The van der Waals surface area contributed by atoms with Crippen molar-refractivity contribution < 1.29 is 80.2 Å². The van der Waals surface area contributed by atoms with Crippen LogP contribution in [0, 0.1) is 11.8 Å². The van der Waals surface area contributed by atoms with Crippen molar-refractivity contribution in [2.75, 3.05) is 39.6 Å². The average molecular weight is 1450 g/mol. The van der Waals surface area contributed by atoms with E-state index in [1.165, 1.54) is 231 Å². The van der Waals surface area contributed by atoms with E-state index in [9.17, 15) is 43.2 Å². The van der Waals surface area contributed by atoms with E-state index in [1.807, 2.05) is 0 Å². The zero-order valence-electron chi connectivity index (χ0n) is 64.8. The van der Waals surface area contributed by atoms with Gasteiger partial charge in [-0.25, -0.2) is 9.13 Å². The monoisotopic (exact) mass is 1450 g/mol. The average Bonchev–Trinajstić information content (AvgIpc) is 0.983. The van der Waals surface area contributed by atoms with Crippen molar-refractivity contribution in [2.24, 2.45) is 11.8 Å². The fourth-order valence-corrected chi connectivity index (χ4v) is 13.9. The van der Waals surface area contributed by atoms with E-state index >= 15 is 0 Å². The molecule has 5 atom stereocenters. The number of phosphoric acid groups is 2. The molecular formula is C80H156O17P2. The maximum absolute atomic E-state index is 13.1. The summed E-state index contributed by atoms with van der Waals surface area (Å²) in [7, 11) is -9.91. The summed E-state index contributed by atoms with van der Waals surface area (Å²) < 4.78 is 68.6. The Morgan fingerprint density at radius 3 is 0.687 bits per heavy atom. The van der Waals surface area contributed by atoms with Gasteiger partial charge in [-0.1, -0.05) is 369 Å². The molecule has 3 N–H and O–H groups in total. The van der Waals surface area contributed by atoms with Gasteiger partial charge in [0.25, 0.3) is 0 Å². The molecule has 2 unspecified atom stereocenters. The minimum Gasteiger partial charge on any atom is -0.462 e. The Labute approximate surface area is 607 Å². The van der Waals surface area contributed by atoms with E-state index in [0.717, 1.165) is 108 Å². The molecule has 0 rings (SSSR count). The Morgan fingerprint density at radius 2 is 0.465 bits per heavy atom. The number of hydrogen-bond acceptors (Lipinski definition) is 15. The minimum atomic E-state index is -4.96. The number of carbonyl (C=O) groups excluding carboxylic acids is 4. The molecule has 0 aromatic heterocycles. The van der Waals surface area contributed by atoms with Crippen molar-refractivity contribution in [3.63, 3.8) is 0 Å². The SMILES string of the molecule is CCCCCCCCCCCCCCCCC(=O)O[C@H](COC(=O)CCCCCCCCCC)COP(=O)(O)OC[C@H](O)COP(=O)(O)OC[C@@H](COC(=O)CCCCCCCCCCCCCCCC(C)C)OC(=O)CCCCCCCCCCCCCCCCCCCCC(C)C. The predicted molar refractivity (Wildman–Crippen MR) is 405 cm³/mol. The number of aliphatic hydroxyl groups excluding tert-OH is 1. The molecule has 588 valence electrons. The Kier molecular flexibility index (Phi) is 70.3. The Morgan fingerprint density at radius 1 is 0.273 bits per heavy atom. The van der Waals surface area contributed by atoms with E-state index in [1.54, 1.807) is 0 Å². The summed E-state index contributed by atoms with van der Waals surface area (Å²) in [6.07, 6.45) is 61.1. The van der Waals surface area contributed by atoms with Gasteiger partial charge in [-0.15, -0.1) is 0 Å². The molecule has 17 nitrogen and oxygen atoms in total. The van der Waals surface area contributed by atoms with Crippen LogP contribution in [0.1, 0.15) is 420 Å². The van der Waals surface area contributed by atoms with Gasteiger partial charge in [0.05, 0.1) is 26.4 Å². The molecule has 0 saturated heterocycles. The number of unbranched alkanes of at least 4 members (excludes halogenated alkanes) is 49. The van der Waals surface area contributed by atoms with E-state index in [2.05, 4.69) is 41.5 Å². The largest absolute Gasteiger partial charge is 0.472 e. The number of phosphoric ester groups is 2. The lowest BCUT2D eigenvalue weighted by molar-refractivity contribution is -0.161. The first-order valence-electron chi connectivity index (χ1n) is 41.5. The van der Waals surface area contributed by atoms with E-state index in [4.69, 9.17) is 37.0 Å². The third kappa shape index (κ3) is 74.1. The number of esters is 4. The molecule has 0 saturated carbocycles. The van der Waals surface area contributed by atoms with Gasteiger partial charge in [0, 0.05) is 25.7 Å². The van der Waals surface area contributed by atoms with Crippen LogP contribution in [0.15, 0.2) is 0 Å². The molecule has 19 heteroatoms. The van der Waals surface area contributed by atoms with Gasteiger partial charge in [-0.2, -0.15) is 0 Å². The number of aliphatic hydroxyl groups is 1. The third-order valence-corrected chi connectivity index (χ3v) is 20.6. The zero-order valence-corrected chi connectivity index (χ0v) is 66.6. The fraction of sp³-hybridized carbons (Fsp3) is 0.950. The summed E-state index contributed by atoms with van der Waals surface area (Å²) in [5.41, 5.74) is 0. The molecule has 0 fully saturated rings. The minimum absolute atomic E-state index is 0.108. The molecule has 0 aliphatic heterocycles. The third-order valence-electron chi connectivity index (χ3n) is 18.7. The molecule has 0 aromatic rings. The maximum Gasteiger partial charge on any atom is 0.472 e. The van der Waals surface area contributed by atoms with Crippen LogP contribution in [-0.4, -0.2) is 96.7 Å². The van der Waals surface area contributed by atoms with E-state index < -0.39 is 97.5 Å². The smallest absolute Gasteiger partial charge is 0.462 e. The summed E-state index contributed by atoms with van der Waals surface area (Å²) in [4.78, 5) is 72.9. The summed E-state index contributed by atoms with van der Waals surface area (Å²) in [5.74, 6) is -0.500. The van der Waals surface area contributed by atoms with Crippen molar-refractivity contribution in [1.82, 2.24) is 0 Å². The van der Waals surface area contributed by atoms with E-state index in [0.29, 0.717) is 25.7 Å². The molecule has 0 radical (unpaired) electrons. The Bertz CT molecular complexity index is 1910. The topological polar surface area (TPSA) is 237 Å². The second kappa shape index (κ2) is 71.7. The number of hydrogen-bond donors (Lipinski definition) is 3. The highest BCUT2D eigenvalue weighted by atomic mass is 31.2. The molecule has 0 heterocycles. The Balaban J connectivity index is 5.19. The summed E-state index contributed by atoms with van der Waals surface area (Å²) >= 11 is 0. The van der Waals surface area contributed by atoms with Gasteiger partial charge in [0.2, 0.25) is 0 Å². The lowest BCUT2D eigenvalue weighted by Gasteiger charge is -2.21. The van der Waals surface area contributed by atoms with E-state index in [-0.39, 0.29) is 25.7 Å². The van der Waals surface area contributed by atoms with Gasteiger partial charge in [0.1, 0.15) is 19.3 Å². The normalized spacial score (nSPS) is 13.9. The van der Waals surface area contributed by atoms with Crippen molar-refractivity contribution in [3.05, 3.63) is 0 Å². The first-order chi connectivity index (χ1) is 47.9. The van der Waals surface area contributed by atoms with Gasteiger partial charge in [-0.05, 0) is 37.5 Å². The number of ether oxygens (including phenoxy) is 4. The number of rotatable bonds is 79. The lowest BCUT2D eigenvalue weighted by Crippen LogP contribution is -2.30. The van der Waals surface area contributed by atoms with Crippen molar-refractivity contribution in [1.29, 1.82) is 0 Å². The highest BCUT2D eigenvalue weighted by molar-refractivity contribution is 7.47. The van der Waals surface area contributed by atoms with Crippen molar-refractivity contribution >= 4 is 39.5 Å². The van der Waals surface area contributed by atoms with Crippen LogP contribution >= 0.6 is 15.6 Å². The molecule has 0 amide bonds. The van der Waals surface area contributed by atoms with Crippen LogP contribution in [0.2, 0.25) is 0 Å². The summed E-state index contributed by atoms with van der Waals surface area (Å²) in [5, 5.41) is 10.6. The van der Waals surface area contributed by atoms with Crippen molar-refractivity contribution in [3.8, 4) is 0 Å². The standard InChI is InChI=1S/C80H156O17P2/c1-7-9-11-13-15-17-18-19-29-35-40-46-52-58-64-79(84)96-75(68-90-77(82)62-56-50-44-16-14-12-10-8-2)70-94-98(86,87)92-66-74(81)67-93-99(88,89)95-71-76(69-91-78(83)63-57-51-45-39-34-31-26-28-33-38-43-49-55-61-73(5)6)97-80(85)65-59-53-47-41-36-30-25-23-21-20-22-24-27-32-37-42-48-54-60-72(3)4/h72-76,81H,7-71H2,1-6H3,(H,86,87)(H,88,89)/t74-,75+,76+/m0/s1. The van der Waals surface area contributed by atoms with Gasteiger partial charge < -0.3 is 33.8 Å². The highest BCUT2D eigenvalue weighted by Gasteiger charge is 2.30. The summed E-state index contributed by atoms with van der Waals surface area (Å²) in [6, 6.07) is 0. The molecular weight excluding hydrogens is 1290 g/mol. The predicted octanol–water partition coefficient (Wildman–Crippen LogP) is 23.9. The van der Waals surface area contributed by atoms with Crippen LogP contribution in [-0.2, 0) is 65.4 Å². The zero-order chi connectivity index (χ0) is 72.8. The van der Waals surface area contributed by atoms with Crippen molar-refractivity contribution in [2.45, 2.75) is 439 Å². The van der Waals surface area contributed by atoms with Crippen LogP contribution in [0.3, 0.4) is 0 Å². The molecule has 0 aromatic carbocycles. The summed E-state index contributed by atoms with van der Waals surface area (Å²) in [6.45, 7) is 9.66. The molecule has 0 aliphatic carbocycles. The number of carbonyl (C=O) groups is 4.